The predicted molar refractivity (Wildman–Crippen MR) is 61.7 cm³/mol. The van der Waals surface area contributed by atoms with Gasteiger partial charge in [0.25, 0.3) is 5.91 Å². The highest BCUT2D eigenvalue weighted by atomic mass is 16.4. The second kappa shape index (κ2) is 4.97. The predicted octanol–water partition coefficient (Wildman–Crippen LogP) is 0.232. The summed E-state index contributed by atoms with van der Waals surface area (Å²) in [5.41, 5.74) is 0.589. The molecule has 0 bridgehead atoms. The molecule has 1 saturated heterocycles. The normalized spacial score (nSPS) is 23.3. The highest BCUT2D eigenvalue weighted by Crippen LogP contribution is 2.08. The molecular formula is C12H14N2O3. The van der Waals surface area contributed by atoms with Crippen LogP contribution in [0, 0.1) is 0 Å². The largest absolute Gasteiger partial charge is 0.480 e. The first-order valence-electron chi connectivity index (χ1n) is 5.49. The van der Waals surface area contributed by atoms with Crippen molar-refractivity contribution in [1.82, 2.24) is 10.6 Å². The minimum Gasteiger partial charge on any atom is -0.480 e. The Kier molecular flexibility index (Phi) is 3.39. The fourth-order valence-electron chi connectivity index (χ4n) is 1.89. The first kappa shape index (κ1) is 11.6. The Morgan fingerprint density at radius 3 is 2.59 bits per heavy atom. The van der Waals surface area contributed by atoms with Crippen LogP contribution in [-0.4, -0.2) is 35.6 Å². The van der Waals surface area contributed by atoms with E-state index in [2.05, 4.69) is 10.6 Å². The highest BCUT2D eigenvalue weighted by Gasteiger charge is 2.29. The molecule has 1 aliphatic rings. The van der Waals surface area contributed by atoms with Crippen LogP contribution in [0.3, 0.4) is 0 Å². The van der Waals surface area contributed by atoms with E-state index >= 15 is 0 Å². The fourth-order valence-corrected chi connectivity index (χ4v) is 1.89. The summed E-state index contributed by atoms with van der Waals surface area (Å²) in [6, 6.07) is 8.21. The number of carboxylic acids is 1. The van der Waals surface area contributed by atoms with E-state index in [-0.39, 0.29) is 11.9 Å². The third kappa shape index (κ3) is 2.82. The Bertz CT molecular complexity index is 419. The number of hydrogen-bond acceptors (Lipinski definition) is 3. The summed E-state index contributed by atoms with van der Waals surface area (Å²) in [7, 11) is 0. The van der Waals surface area contributed by atoms with Crippen LogP contribution in [-0.2, 0) is 4.79 Å². The number of carbonyl (C=O) groups is 2. The first-order chi connectivity index (χ1) is 8.16. The van der Waals surface area contributed by atoms with E-state index < -0.39 is 12.0 Å². The zero-order valence-electron chi connectivity index (χ0n) is 9.22. The molecule has 1 aromatic rings. The van der Waals surface area contributed by atoms with Crippen molar-refractivity contribution in [3.8, 4) is 0 Å². The molecule has 0 saturated carbocycles. The van der Waals surface area contributed by atoms with E-state index in [1.54, 1.807) is 24.3 Å². The van der Waals surface area contributed by atoms with Gasteiger partial charge in [-0.1, -0.05) is 18.2 Å². The van der Waals surface area contributed by atoms with Gasteiger partial charge in [-0.2, -0.15) is 0 Å². The van der Waals surface area contributed by atoms with Gasteiger partial charge in [0.05, 0.1) is 0 Å². The zero-order chi connectivity index (χ0) is 12.3. The summed E-state index contributed by atoms with van der Waals surface area (Å²) in [4.78, 5) is 22.5. The standard InChI is InChI=1S/C12H14N2O3/c15-11(8-4-2-1-3-5-8)14-9-6-10(12(16)17)13-7-9/h1-5,9-10,13H,6-7H2,(H,14,15)(H,16,17)/t9-,10+/m0/s1. The third-order valence-corrected chi connectivity index (χ3v) is 2.80. The summed E-state index contributed by atoms with van der Waals surface area (Å²) in [5, 5.41) is 14.5. The first-order valence-corrected chi connectivity index (χ1v) is 5.49. The Morgan fingerprint density at radius 2 is 2.00 bits per heavy atom. The average Bonchev–Trinajstić information content (AvgIpc) is 2.79. The summed E-state index contributed by atoms with van der Waals surface area (Å²) >= 11 is 0. The van der Waals surface area contributed by atoms with Crippen molar-refractivity contribution in [3.63, 3.8) is 0 Å². The summed E-state index contributed by atoms with van der Waals surface area (Å²) in [5.74, 6) is -1.04. The summed E-state index contributed by atoms with van der Waals surface area (Å²) in [6.07, 6.45) is 0.425. The molecule has 0 aliphatic carbocycles. The van der Waals surface area contributed by atoms with Crippen LogP contribution >= 0.6 is 0 Å². The van der Waals surface area contributed by atoms with Gasteiger partial charge >= 0.3 is 5.97 Å². The van der Waals surface area contributed by atoms with Gasteiger partial charge < -0.3 is 15.7 Å². The van der Waals surface area contributed by atoms with Crippen LogP contribution in [0.4, 0.5) is 0 Å². The minimum absolute atomic E-state index is 0.121. The smallest absolute Gasteiger partial charge is 0.320 e. The minimum atomic E-state index is -0.874. The topological polar surface area (TPSA) is 78.4 Å². The summed E-state index contributed by atoms with van der Waals surface area (Å²) < 4.78 is 0. The lowest BCUT2D eigenvalue weighted by Crippen LogP contribution is -2.36. The fraction of sp³-hybridized carbons (Fsp3) is 0.333. The van der Waals surface area contributed by atoms with Gasteiger partial charge in [-0.3, -0.25) is 9.59 Å². The van der Waals surface area contributed by atoms with Gasteiger partial charge in [-0.15, -0.1) is 0 Å². The number of aliphatic carboxylic acids is 1. The van der Waals surface area contributed by atoms with Crippen LogP contribution in [0.2, 0.25) is 0 Å². The van der Waals surface area contributed by atoms with Gasteiger partial charge in [0, 0.05) is 18.2 Å². The number of hydrogen-bond donors (Lipinski definition) is 3. The van der Waals surface area contributed by atoms with Crippen LogP contribution < -0.4 is 10.6 Å². The lowest BCUT2D eigenvalue weighted by Gasteiger charge is -2.11. The van der Waals surface area contributed by atoms with Crippen molar-refractivity contribution in [1.29, 1.82) is 0 Å². The molecular weight excluding hydrogens is 220 g/mol. The molecule has 1 aliphatic heterocycles. The maximum Gasteiger partial charge on any atom is 0.320 e. The van der Waals surface area contributed by atoms with Gasteiger partial charge in [0.15, 0.2) is 0 Å². The number of rotatable bonds is 3. The average molecular weight is 234 g/mol. The van der Waals surface area contributed by atoms with Crippen molar-refractivity contribution in [2.45, 2.75) is 18.5 Å². The molecule has 1 aromatic carbocycles. The van der Waals surface area contributed by atoms with E-state index in [9.17, 15) is 9.59 Å². The van der Waals surface area contributed by atoms with Crippen molar-refractivity contribution >= 4 is 11.9 Å². The van der Waals surface area contributed by atoms with Crippen molar-refractivity contribution < 1.29 is 14.7 Å². The Balaban J connectivity index is 1.91. The monoisotopic (exact) mass is 234 g/mol. The molecule has 2 rings (SSSR count). The highest BCUT2D eigenvalue weighted by molar-refractivity contribution is 5.94. The van der Waals surface area contributed by atoms with Crippen molar-refractivity contribution in [2.75, 3.05) is 6.54 Å². The van der Waals surface area contributed by atoms with Crippen molar-refractivity contribution in [3.05, 3.63) is 35.9 Å². The Hall–Kier alpha value is -1.88. The van der Waals surface area contributed by atoms with Crippen LogP contribution in [0.25, 0.3) is 0 Å². The molecule has 0 spiro atoms. The summed E-state index contributed by atoms with van der Waals surface area (Å²) in [6.45, 7) is 0.496. The third-order valence-electron chi connectivity index (χ3n) is 2.80. The van der Waals surface area contributed by atoms with Gasteiger partial charge in [0.2, 0.25) is 0 Å². The molecule has 1 heterocycles. The maximum absolute atomic E-state index is 11.8. The molecule has 5 nitrogen and oxygen atoms in total. The van der Waals surface area contributed by atoms with E-state index in [4.69, 9.17) is 5.11 Å². The van der Waals surface area contributed by atoms with Gasteiger partial charge in [0.1, 0.15) is 6.04 Å². The number of nitrogens with one attached hydrogen (secondary N) is 2. The van der Waals surface area contributed by atoms with E-state index in [0.717, 1.165) is 0 Å². The van der Waals surface area contributed by atoms with E-state index in [0.29, 0.717) is 18.5 Å². The molecule has 5 heteroatoms. The molecule has 0 unspecified atom stereocenters. The lowest BCUT2D eigenvalue weighted by molar-refractivity contribution is -0.139. The van der Waals surface area contributed by atoms with E-state index in [1.807, 2.05) is 6.07 Å². The molecule has 1 fully saturated rings. The SMILES string of the molecule is O=C(N[C@@H]1CN[C@@H](C(=O)O)C1)c1ccccc1. The van der Waals surface area contributed by atoms with Gasteiger partial charge in [-0.05, 0) is 18.6 Å². The molecule has 0 aromatic heterocycles. The van der Waals surface area contributed by atoms with Gasteiger partial charge in [-0.25, -0.2) is 0 Å². The van der Waals surface area contributed by atoms with E-state index in [1.165, 1.54) is 0 Å². The van der Waals surface area contributed by atoms with Crippen LogP contribution in [0.5, 0.6) is 0 Å². The molecule has 3 N–H and O–H groups in total. The molecule has 17 heavy (non-hydrogen) atoms. The number of benzene rings is 1. The quantitative estimate of drug-likeness (QED) is 0.699. The second-order valence-corrected chi connectivity index (χ2v) is 4.07. The molecule has 1 amide bonds. The second-order valence-electron chi connectivity index (χ2n) is 4.07. The number of carboxylic acid groups (broad SMARTS) is 1. The molecule has 0 radical (unpaired) electrons. The number of carbonyl (C=O) groups excluding carboxylic acids is 1. The zero-order valence-corrected chi connectivity index (χ0v) is 9.22. The van der Waals surface area contributed by atoms with Crippen LogP contribution in [0.15, 0.2) is 30.3 Å². The molecule has 2 atom stereocenters. The molecule has 90 valence electrons. The maximum atomic E-state index is 11.8. The van der Waals surface area contributed by atoms with Crippen LogP contribution in [0.1, 0.15) is 16.8 Å². The Morgan fingerprint density at radius 1 is 1.29 bits per heavy atom. The number of amides is 1. The van der Waals surface area contributed by atoms with Crippen molar-refractivity contribution in [2.24, 2.45) is 0 Å². The lowest BCUT2D eigenvalue weighted by atomic mass is 10.1. The Labute approximate surface area is 98.8 Å².